The molecule has 7 heteroatoms. The highest BCUT2D eigenvalue weighted by atomic mass is 32.1. The molecule has 1 aromatic carbocycles. The molecule has 0 unspecified atom stereocenters. The van der Waals surface area contributed by atoms with E-state index in [0.717, 1.165) is 22.7 Å². The van der Waals surface area contributed by atoms with Crippen molar-refractivity contribution in [1.82, 2.24) is 9.97 Å². The van der Waals surface area contributed by atoms with Crippen LogP contribution in [-0.4, -0.2) is 15.9 Å². The monoisotopic (exact) mass is 359 g/mol. The third-order valence-corrected chi connectivity index (χ3v) is 5.09. The van der Waals surface area contributed by atoms with Crippen molar-refractivity contribution in [3.8, 4) is 0 Å². The van der Waals surface area contributed by atoms with Crippen molar-refractivity contribution < 1.29 is 9.53 Å². The molecule has 3 aromatic rings. The summed E-state index contributed by atoms with van der Waals surface area (Å²) in [5.41, 5.74) is 2.26. The van der Waals surface area contributed by atoms with Crippen molar-refractivity contribution in [3.63, 3.8) is 0 Å². The van der Waals surface area contributed by atoms with Crippen LogP contribution in [0.5, 0.6) is 0 Å². The summed E-state index contributed by atoms with van der Waals surface area (Å²) in [7, 11) is 0. The highest BCUT2D eigenvalue weighted by molar-refractivity contribution is 7.13. The van der Waals surface area contributed by atoms with Gasteiger partial charge in [-0.25, -0.2) is 14.8 Å². The zero-order valence-corrected chi connectivity index (χ0v) is 14.8. The second-order valence-corrected chi connectivity index (χ2v) is 6.84. The SMILES string of the molecule is CCc1nc(COC(=O)c2csc(NCc3ccccc3)n2)cs1. The van der Waals surface area contributed by atoms with Crippen LogP contribution < -0.4 is 5.32 Å². The van der Waals surface area contributed by atoms with Crippen molar-refractivity contribution in [3.05, 3.63) is 63.1 Å². The number of ether oxygens (including phenoxy) is 1. The van der Waals surface area contributed by atoms with Gasteiger partial charge < -0.3 is 10.1 Å². The minimum Gasteiger partial charge on any atom is -0.454 e. The fraction of sp³-hybridized carbons (Fsp3) is 0.235. The van der Waals surface area contributed by atoms with E-state index in [1.165, 1.54) is 11.3 Å². The molecule has 0 aliphatic heterocycles. The van der Waals surface area contributed by atoms with Gasteiger partial charge in [-0.3, -0.25) is 0 Å². The molecule has 2 aromatic heterocycles. The first-order valence-corrected chi connectivity index (χ1v) is 9.34. The molecule has 2 heterocycles. The number of benzene rings is 1. The first-order valence-electron chi connectivity index (χ1n) is 7.58. The molecular weight excluding hydrogens is 342 g/mol. The molecule has 0 fully saturated rings. The number of anilines is 1. The normalized spacial score (nSPS) is 10.5. The van der Waals surface area contributed by atoms with Crippen LogP contribution in [0.25, 0.3) is 0 Å². The van der Waals surface area contributed by atoms with E-state index < -0.39 is 5.97 Å². The van der Waals surface area contributed by atoms with Gasteiger partial charge in [-0.1, -0.05) is 37.3 Å². The highest BCUT2D eigenvalue weighted by Crippen LogP contribution is 2.18. The predicted octanol–water partition coefficient (Wildman–Crippen LogP) is 4.13. The molecule has 3 rings (SSSR count). The number of carbonyl (C=O) groups excluding carboxylic acids is 1. The van der Waals surface area contributed by atoms with Crippen LogP contribution in [0.15, 0.2) is 41.1 Å². The number of hydrogen-bond donors (Lipinski definition) is 1. The van der Waals surface area contributed by atoms with Crippen LogP contribution in [-0.2, 0) is 24.3 Å². The lowest BCUT2D eigenvalue weighted by molar-refractivity contribution is 0.0462. The van der Waals surface area contributed by atoms with Crippen LogP contribution in [0.3, 0.4) is 0 Å². The topological polar surface area (TPSA) is 64.1 Å². The van der Waals surface area contributed by atoms with E-state index >= 15 is 0 Å². The number of esters is 1. The number of nitrogens with zero attached hydrogens (tertiary/aromatic N) is 2. The maximum atomic E-state index is 12.1. The molecule has 24 heavy (non-hydrogen) atoms. The summed E-state index contributed by atoms with van der Waals surface area (Å²) in [6.45, 7) is 2.90. The Labute approximate surface area is 148 Å². The third kappa shape index (κ3) is 4.39. The molecule has 1 N–H and O–H groups in total. The third-order valence-electron chi connectivity index (χ3n) is 3.25. The number of aryl methyl sites for hydroxylation is 1. The van der Waals surface area contributed by atoms with Gasteiger partial charge in [0.25, 0.3) is 0 Å². The molecule has 0 saturated heterocycles. The lowest BCUT2D eigenvalue weighted by Gasteiger charge is -2.02. The molecule has 0 bridgehead atoms. The quantitative estimate of drug-likeness (QED) is 0.643. The summed E-state index contributed by atoms with van der Waals surface area (Å²) in [5.74, 6) is -0.426. The van der Waals surface area contributed by atoms with Gasteiger partial charge in [0.1, 0.15) is 6.61 Å². The number of aromatic nitrogens is 2. The molecule has 0 radical (unpaired) electrons. The zero-order chi connectivity index (χ0) is 16.8. The molecule has 124 valence electrons. The van der Waals surface area contributed by atoms with Gasteiger partial charge >= 0.3 is 5.97 Å². The maximum Gasteiger partial charge on any atom is 0.358 e. The van der Waals surface area contributed by atoms with E-state index in [2.05, 4.69) is 15.3 Å². The number of rotatable bonds is 7. The van der Waals surface area contributed by atoms with Gasteiger partial charge in [0, 0.05) is 17.3 Å². The minimum atomic E-state index is -0.426. The summed E-state index contributed by atoms with van der Waals surface area (Å²) >= 11 is 2.97. The van der Waals surface area contributed by atoms with Crippen LogP contribution in [0.4, 0.5) is 5.13 Å². The first kappa shape index (κ1) is 16.6. The molecule has 0 spiro atoms. The molecule has 0 aliphatic rings. The largest absolute Gasteiger partial charge is 0.454 e. The second-order valence-electron chi connectivity index (χ2n) is 5.04. The number of nitrogens with one attached hydrogen (secondary N) is 1. The standard InChI is InChI=1S/C17H17N3O2S2/c1-2-15-19-13(10-23-15)9-22-16(21)14-11-24-17(20-14)18-8-12-6-4-3-5-7-12/h3-7,10-11H,2,8-9H2,1H3,(H,18,20). The average Bonchev–Trinajstić information content (AvgIpc) is 3.28. The fourth-order valence-electron chi connectivity index (χ4n) is 2.01. The predicted molar refractivity (Wildman–Crippen MR) is 96.5 cm³/mol. The lowest BCUT2D eigenvalue weighted by atomic mass is 10.2. The Kier molecular flexibility index (Phi) is 5.55. The first-order chi connectivity index (χ1) is 11.7. The van der Waals surface area contributed by atoms with Crippen LogP contribution in [0.1, 0.15) is 33.7 Å². The summed E-state index contributed by atoms with van der Waals surface area (Å²) in [6, 6.07) is 10.0. The second kappa shape index (κ2) is 8.03. The summed E-state index contributed by atoms with van der Waals surface area (Å²) in [5, 5.41) is 8.57. The fourth-order valence-corrected chi connectivity index (χ4v) is 3.42. The Morgan fingerprint density at radius 1 is 1.17 bits per heavy atom. The van der Waals surface area contributed by atoms with E-state index in [1.54, 1.807) is 16.7 Å². The molecule has 0 saturated carbocycles. The van der Waals surface area contributed by atoms with Crippen molar-refractivity contribution in [1.29, 1.82) is 0 Å². The molecule has 0 aliphatic carbocycles. The Hall–Kier alpha value is -2.25. The van der Waals surface area contributed by atoms with E-state index in [4.69, 9.17) is 4.74 Å². The number of carbonyl (C=O) groups is 1. The minimum absolute atomic E-state index is 0.180. The molecule has 0 atom stereocenters. The van der Waals surface area contributed by atoms with Gasteiger partial charge in [0.15, 0.2) is 10.8 Å². The Morgan fingerprint density at radius 2 is 2.00 bits per heavy atom. The summed E-state index contributed by atoms with van der Waals surface area (Å²) in [4.78, 5) is 20.7. The number of hydrogen-bond acceptors (Lipinski definition) is 7. The average molecular weight is 359 g/mol. The smallest absolute Gasteiger partial charge is 0.358 e. The van der Waals surface area contributed by atoms with Gasteiger partial charge in [0.2, 0.25) is 0 Å². The Morgan fingerprint density at radius 3 is 2.75 bits per heavy atom. The van der Waals surface area contributed by atoms with Crippen molar-refractivity contribution in [2.75, 3.05) is 5.32 Å². The Bertz CT molecular complexity index is 799. The summed E-state index contributed by atoms with van der Waals surface area (Å²) in [6.07, 6.45) is 0.890. The lowest BCUT2D eigenvalue weighted by Crippen LogP contribution is -2.06. The van der Waals surface area contributed by atoms with Gasteiger partial charge in [-0.05, 0) is 12.0 Å². The number of thiazole rings is 2. The van der Waals surface area contributed by atoms with Gasteiger partial charge in [-0.2, -0.15) is 0 Å². The van der Waals surface area contributed by atoms with E-state index in [9.17, 15) is 4.79 Å². The zero-order valence-electron chi connectivity index (χ0n) is 13.2. The molecule has 0 amide bonds. The maximum absolute atomic E-state index is 12.1. The van der Waals surface area contributed by atoms with E-state index in [-0.39, 0.29) is 6.61 Å². The van der Waals surface area contributed by atoms with Crippen LogP contribution >= 0.6 is 22.7 Å². The van der Waals surface area contributed by atoms with Crippen LogP contribution in [0.2, 0.25) is 0 Å². The van der Waals surface area contributed by atoms with Gasteiger partial charge in [-0.15, -0.1) is 22.7 Å². The van der Waals surface area contributed by atoms with Crippen molar-refractivity contribution in [2.24, 2.45) is 0 Å². The molecule has 5 nitrogen and oxygen atoms in total. The Balaban J connectivity index is 1.51. The molecular formula is C17H17N3O2S2. The van der Waals surface area contributed by atoms with Crippen molar-refractivity contribution in [2.45, 2.75) is 26.5 Å². The van der Waals surface area contributed by atoms with E-state index in [1.807, 2.05) is 42.6 Å². The van der Waals surface area contributed by atoms with Crippen LogP contribution in [0, 0.1) is 0 Å². The highest BCUT2D eigenvalue weighted by Gasteiger charge is 2.13. The summed E-state index contributed by atoms with van der Waals surface area (Å²) < 4.78 is 5.27. The van der Waals surface area contributed by atoms with Crippen molar-refractivity contribution >= 4 is 33.8 Å². The van der Waals surface area contributed by atoms with E-state index in [0.29, 0.717) is 17.4 Å². The van der Waals surface area contributed by atoms with Gasteiger partial charge in [0.05, 0.1) is 10.7 Å².